The van der Waals surface area contributed by atoms with Crippen LogP contribution in [0.2, 0.25) is 0 Å². The molecule has 7 nitrogen and oxygen atoms in total. The van der Waals surface area contributed by atoms with E-state index in [4.69, 9.17) is 9.15 Å². The SMILES string of the molecule is COc1cccc(C(c2sc3nc(-c4ccco4)nn3c2O)N2CCC(Cc3ccccc3)CC2)c1. The molecule has 8 heteroatoms. The number of benzene rings is 2. The van der Waals surface area contributed by atoms with Gasteiger partial charge in [0.05, 0.1) is 24.3 Å². The van der Waals surface area contributed by atoms with Gasteiger partial charge in [0.1, 0.15) is 5.75 Å². The lowest BCUT2D eigenvalue weighted by molar-refractivity contribution is 0.150. The van der Waals surface area contributed by atoms with Crippen LogP contribution in [0.5, 0.6) is 11.6 Å². The van der Waals surface area contributed by atoms with E-state index in [0.29, 0.717) is 22.5 Å². The third kappa shape index (κ3) is 4.38. The second kappa shape index (κ2) is 9.79. The van der Waals surface area contributed by atoms with Gasteiger partial charge in [0.2, 0.25) is 16.7 Å². The average molecular weight is 501 g/mol. The third-order valence-corrected chi connectivity index (χ3v) is 8.05. The minimum atomic E-state index is -0.113. The molecule has 0 bridgehead atoms. The first-order valence-corrected chi connectivity index (χ1v) is 13.1. The third-order valence-electron chi connectivity index (χ3n) is 6.98. The number of methoxy groups -OCH3 is 1. The fourth-order valence-corrected chi connectivity index (χ4v) is 6.26. The molecule has 0 radical (unpaired) electrons. The number of fused-ring (bicyclic) bond motifs is 1. The summed E-state index contributed by atoms with van der Waals surface area (Å²) in [5.74, 6) is 2.63. The molecule has 6 rings (SSSR count). The maximum absolute atomic E-state index is 11.3. The van der Waals surface area contributed by atoms with E-state index in [1.807, 2.05) is 18.2 Å². The fourth-order valence-electron chi connectivity index (χ4n) is 5.14. The van der Waals surface area contributed by atoms with Gasteiger partial charge < -0.3 is 14.3 Å². The molecule has 5 aromatic rings. The minimum Gasteiger partial charge on any atom is -0.497 e. The standard InChI is InChI=1S/C28H28N4O3S/c1-34-22-10-5-9-21(18-22)24(31-14-12-20(13-15-31)17-19-7-3-2-4-8-19)25-27(33)32-28(36-25)29-26(30-32)23-11-6-16-35-23/h2-11,16,18,20,24,33H,12-15,17H2,1H3. The van der Waals surface area contributed by atoms with Crippen molar-refractivity contribution in [2.75, 3.05) is 20.2 Å². The zero-order valence-corrected chi connectivity index (χ0v) is 20.9. The van der Waals surface area contributed by atoms with Gasteiger partial charge in [0.15, 0.2) is 5.76 Å². The zero-order valence-electron chi connectivity index (χ0n) is 20.1. The predicted octanol–water partition coefficient (Wildman–Crippen LogP) is 5.81. The average Bonchev–Trinajstić information content (AvgIpc) is 3.65. The second-order valence-corrected chi connectivity index (χ2v) is 10.3. The predicted molar refractivity (Wildman–Crippen MR) is 140 cm³/mol. The number of rotatable bonds is 7. The van der Waals surface area contributed by atoms with Crippen LogP contribution in [-0.4, -0.2) is 44.8 Å². The number of thiazole rings is 1. The molecular formula is C28H28N4O3S. The Labute approximate surface area is 213 Å². The molecule has 2 aromatic carbocycles. The summed E-state index contributed by atoms with van der Waals surface area (Å²) in [5, 5.41) is 15.8. The number of aromatic hydroxyl groups is 1. The lowest BCUT2D eigenvalue weighted by Crippen LogP contribution is -2.37. The van der Waals surface area contributed by atoms with E-state index < -0.39 is 0 Å². The molecular weight excluding hydrogens is 472 g/mol. The Morgan fingerprint density at radius 3 is 2.64 bits per heavy atom. The van der Waals surface area contributed by atoms with Crippen LogP contribution < -0.4 is 4.74 Å². The molecule has 0 spiro atoms. The van der Waals surface area contributed by atoms with Crippen LogP contribution in [0.1, 0.15) is 34.9 Å². The highest BCUT2D eigenvalue weighted by Gasteiger charge is 2.32. The second-order valence-electron chi connectivity index (χ2n) is 9.25. The van der Waals surface area contributed by atoms with Crippen molar-refractivity contribution >= 4 is 16.3 Å². The highest BCUT2D eigenvalue weighted by molar-refractivity contribution is 7.17. The van der Waals surface area contributed by atoms with E-state index >= 15 is 0 Å². The molecule has 184 valence electrons. The summed E-state index contributed by atoms with van der Waals surface area (Å²) >= 11 is 1.47. The Kier molecular flexibility index (Phi) is 6.21. The number of hydrogen-bond donors (Lipinski definition) is 1. The van der Waals surface area contributed by atoms with E-state index in [1.54, 1.807) is 19.4 Å². The largest absolute Gasteiger partial charge is 0.497 e. The van der Waals surface area contributed by atoms with Crippen molar-refractivity contribution in [3.8, 4) is 23.2 Å². The molecule has 1 unspecified atom stereocenters. The first-order chi connectivity index (χ1) is 17.7. The number of piperidine rings is 1. The molecule has 0 aliphatic carbocycles. The van der Waals surface area contributed by atoms with Crippen molar-refractivity contribution in [1.82, 2.24) is 19.5 Å². The van der Waals surface area contributed by atoms with Crippen molar-refractivity contribution in [3.63, 3.8) is 0 Å². The first-order valence-electron chi connectivity index (χ1n) is 12.2. The number of hydrogen-bond acceptors (Lipinski definition) is 7. The van der Waals surface area contributed by atoms with Crippen molar-refractivity contribution < 1.29 is 14.3 Å². The molecule has 1 aliphatic heterocycles. The van der Waals surface area contributed by atoms with Crippen LogP contribution in [-0.2, 0) is 6.42 Å². The Balaban J connectivity index is 1.31. The van der Waals surface area contributed by atoms with Crippen LogP contribution in [0, 0.1) is 5.92 Å². The van der Waals surface area contributed by atoms with Crippen LogP contribution in [0.25, 0.3) is 16.5 Å². The number of nitrogens with zero attached hydrogens (tertiary/aromatic N) is 4. The summed E-state index contributed by atoms with van der Waals surface area (Å²) in [4.78, 5) is 8.57. The van der Waals surface area contributed by atoms with Gasteiger partial charge in [-0.05, 0) is 73.7 Å². The van der Waals surface area contributed by atoms with Gasteiger partial charge in [-0.3, -0.25) is 4.90 Å². The molecule has 0 saturated carbocycles. The molecule has 1 aliphatic rings. The highest BCUT2D eigenvalue weighted by Crippen LogP contribution is 2.42. The summed E-state index contributed by atoms with van der Waals surface area (Å²) in [5.41, 5.74) is 2.48. The Morgan fingerprint density at radius 1 is 1.08 bits per heavy atom. The van der Waals surface area contributed by atoms with Crippen molar-refractivity contribution in [1.29, 1.82) is 0 Å². The summed E-state index contributed by atoms with van der Waals surface area (Å²) in [7, 11) is 1.68. The Bertz CT molecular complexity index is 1440. The number of furan rings is 1. The van der Waals surface area contributed by atoms with Crippen LogP contribution in [0.15, 0.2) is 77.4 Å². The van der Waals surface area contributed by atoms with Crippen molar-refractivity contribution in [2.45, 2.75) is 25.3 Å². The molecule has 1 atom stereocenters. The summed E-state index contributed by atoms with van der Waals surface area (Å²) in [6.07, 6.45) is 4.92. The van der Waals surface area contributed by atoms with Gasteiger partial charge in [0, 0.05) is 0 Å². The van der Waals surface area contributed by atoms with Crippen molar-refractivity contribution in [3.05, 3.63) is 89.0 Å². The first kappa shape index (κ1) is 22.8. The Hall–Kier alpha value is -3.62. The number of likely N-dealkylation sites (tertiary alicyclic amines) is 1. The normalized spacial score (nSPS) is 15.9. The number of aromatic nitrogens is 3. The monoisotopic (exact) mass is 500 g/mol. The smallest absolute Gasteiger partial charge is 0.230 e. The molecule has 1 N–H and O–H groups in total. The summed E-state index contributed by atoms with van der Waals surface area (Å²) < 4.78 is 12.5. The van der Waals surface area contributed by atoms with Crippen LogP contribution >= 0.6 is 11.3 Å². The van der Waals surface area contributed by atoms with Gasteiger partial charge in [0.25, 0.3) is 0 Å². The zero-order chi connectivity index (χ0) is 24.5. The van der Waals surface area contributed by atoms with E-state index in [9.17, 15) is 5.11 Å². The number of ether oxygens (including phenoxy) is 1. The Morgan fingerprint density at radius 2 is 1.92 bits per heavy atom. The van der Waals surface area contributed by atoms with Gasteiger partial charge in [-0.15, -0.1) is 5.10 Å². The summed E-state index contributed by atoms with van der Waals surface area (Å²) in [6, 6.07) is 22.4. The van der Waals surface area contributed by atoms with Gasteiger partial charge in [-0.2, -0.15) is 9.50 Å². The minimum absolute atomic E-state index is 0.113. The quantitative estimate of drug-likeness (QED) is 0.304. The van der Waals surface area contributed by atoms with E-state index in [0.717, 1.165) is 48.5 Å². The van der Waals surface area contributed by atoms with Gasteiger partial charge in [-0.25, -0.2) is 0 Å². The topological polar surface area (TPSA) is 76.0 Å². The van der Waals surface area contributed by atoms with Gasteiger partial charge >= 0.3 is 0 Å². The lowest BCUT2D eigenvalue weighted by atomic mass is 9.88. The molecule has 0 amide bonds. The van der Waals surface area contributed by atoms with Crippen molar-refractivity contribution in [2.24, 2.45) is 5.92 Å². The van der Waals surface area contributed by atoms with E-state index in [2.05, 4.69) is 57.4 Å². The lowest BCUT2D eigenvalue weighted by Gasteiger charge is -2.37. The maximum Gasteiger partial charge on any atom is 0.230 e. The van der Waals surface area contributed by atoms with Crippen LogP contribution in [0.3, 0.4) is 0 Å². The van der Waals surface area contributed by atoms with Crippen LogP contribution in [0.4, 0.5) is 0 Å². The van der Waals surface area contributed by atoms with E-state index in [-0.39, 0.29) is 11.9 Å². The molecule has 36 heavy (non-hydrogen) atoms. The van der Waals surface area contributed by atoms with E-state index in [1.165, 1.54) is 21.4 Å². The maximum atomic E-state index is 11.3. The summed E-state index contributed by atoms with van der Waals surface area (Å²) in [6.45, 7) is 1.90. The molecule has 1 fully saturated rings. The fraction of sp³-hybridized carbons (Fsp3) is 0.286. The molecule has 4 heterocycles. The highest BCUT2D eigenvalue weighted by atomic mass is 32.1. The van der Waals surface area contributed by atoms with Gasteiger partial charge in [-0.1, -0.05) is 53.8 Å². The molecule has 3 aromatic heterocycles. The molecule has 1 saturated heterocycles.